The molecule has 32 heavy (non-hydrogen) atoms. The molecule has 0 radical (unpaired) electrons. The summed E-state index contributed by atoms with van der Waals surface area (Å²) in [6, 6.07) is 10.9. The first-order valence-corrected chi connectivity index (χ1v) is 11.6. The van der Waals surface area contributed by atoms with Crippen LogP contribution in [-0.2, 0) is 26.0 Å². The average molecular weight is 463 g/mol. The molecule has 1 aliphatic heterocycles. The van der Waals surface area contributed by atoms with Gasteiger partial charge in [0, 0.05) is 19.6 Å². The molecule has 3 rings (SSSR count). The van der Waals surface area contributed by atoms with Crippen molar-refractivity contribution < 1.29 is 32.6 Å². The fourth-order valence-corrected chi connectivity index (χ4v) is 4.86. The number of carbonyl (C=O) groups is 2. The molecule has 0 bridgehead atoms. The molecule has 0 saturated carbocycles. The fraction of sp³-hybridized carbons (Fsp3) is 0.364. The summed E-state index contributed by atoms with van der Waals surface area (Å²) in [6.07, 6.45) is 2.14. The zero-order valence-electron chi connectivity index (χ0n) is 17.7. The third kappa shape index (κ3) is 5.77. The molecular weight excluding hydrogens is 436 g/mol. The molecular formula is C22H26N2O7S. The summed E-state index contributed by atoms with van der Waals surface area (Å²) in [5, 5.41) is 12.6. The normalized spacial score (nSPS) is 14.2. The molecule has 10 heteroatoms. The number of nitrogens with zero attached hydrogens (tertiary/aromatic N) is 1. The van der Waals surface area contributed by atoms with Crippen molar-refractivity contribution in [2.75, 3.05) is 33.4 Å². The molecule has 1 heterocycles. The van der Waals surface area contributed by atoms with Crippen LogP contribution >= 0.6 is 0 Å². The first-order valence-electron chi connectivity index (χ1n) is 10.2. The number of hydrogen-bond donors (Lipinski definition) is 2. The number of hydrogen-bond acceptors (Lipinski definition) is 7. The lowest BCUT2D eigenvalue weighted by molar-refractivity contribution is -0.124. The van der Waals surface area contributed by atoms with E-state index in [-0.39, 0.29) is 10.5 Å². The molecule has 1 fully saturated rings. The fourth-order valence-electron chi connectivity index (χ4n) is 3.31. The van der Waals surface area contributed by atoms with E-state index in [0.29, 0.717) is 26.1 Å². The minimum atomic E-state index is -3.76. The second-order valence-corrected chi connectivity index (χ2v) is 9.25. The quantitative estimate of drug-likeness (QED) is 0.544. The van der Waals surface area contributed by atoms with Crippen molar-refractivity contribution in [2.45, 2.75) is 24.2 Å². The van der Waals surface area contributed by atoms with Crippen molar-refractivity contribution in [2.24, 2.45) is 0 Å². The number of carbonyl (C=O) groups excluding carboxylic acids is 2. The molecule has 0 aliphatic carbocycles. The van der Waals surface area contributed by atoms with Crippen LogP contribution in [0.25, 0.3) is 0 Å². The molecule has 2 aromatic rings. The lowest BCUT2D eigenvalue weighted by atomic mass is 10.1. The van der Waals surface area contributed by atoms with Crippen LogP contribution in [0.2, 0.25) is 0 Å². The van der Waals surface area contributed by atoms with Gasteiger partial charge in [-0.2, -0.15) is 4.31 Å². The van der Waals surface area contributed by atoms with Crippen LogP contribution in [0, 0.1) is 0 Å². The van der Waals surface area contributed by atoms with Gasteiger partial charge in [0.15, 0.2) is 6.61 Å². The van der Waals surface area contributed by atoms with Gasteiger partial charge in [-0.15, -0.1) is 0 Å². The van der Waals surface area contributed by atoms with Gasteiger partial charge in [0.05, 0.1) is 12.0 Å². The Bertz CT molecular complexity index is 1060. The van der Waals surface area contributed by atoms with Crippen LogP contribution in [0.5, 0.6) is 11.5 Å². The summed E-state index contributed by atoms with van der Waals surface area (Å²) in [6.45, 7) is 0.626. The predicted octanol–water partition coefficient (Wildman–Crippen LogP) is 1.70. The van der Waals surface area contributed by atoms with Gasteiger partial charge in [-0.1, -0.05) is 12.1 Å². The van der Waals surface area contributed by atoms with Crippen LogP contribution in [0.1, 0.15) is 28.8 Å². The highest BCUT2D eigenvalue weighted by Crippen LogP contribution is 2.26. The van der Waals surface area contributed by atoms with E-state index in [2.05, 4.69) is 5.32 Å². The van der Waals surface area contributed by atoms with Crippen LogP contribution in [0.15, 0.2) is 47.4 Å². The number of esters is 1. The molecule has 2 aromatic carbocycles. The maximum Gasteiger partial charge on any atom is 0.342 e. The number of phenols is 1. The van der Waals surface area contributed by atoms with Crippen LogP contribution in [-0.4, -0.2) is 63.1 Å². The number of phenolic OH excluding ortho intramolecular Hbond substituents is 1. The van der Waals surface area contributed by atoms with Crippen molar-refractivity contribution >= 4 is 21.9 Å². The summed E-state index contributed by atoms with van der Waals surface area (Å²) in [7, 11) is -2.18. The molecule has 172 valence electrons. The van der Waals surface area contributed by atoms with Crippen molar-refractivity contribution in [1.82, 2.24) is 9.62 Å². The number of nitrogens with one attached hydrogen (secondary N) is 1. The molecule has 9 nitrogen and oxygen atoms in total. The van der Waals surface area contributed by atoms with Crippen molar-refractivity contribution in [3.63, 3.8) is 0 Å². The minimum absolute atomic E-state index is 0.104. The largest absolute Gasteiger partial charge is 0.507 e. The molecule has 1 amide bonds. The summed E-state index contributed by atoms with van der Waals surface area (Å²) in [5.41, 5.74) is 0.695. The SMILES string of the molecule is COc1ccc(CCNC(=O)COC(=O)c2cc(S(=O)(=O)N3CCCC3)ccc2O)cc1. The lowest BCUT2D eigenvalue weighted by Gasteiger charge is -2.16. The Morgan fingerprint density at radius 2 is 1.78 bits per heavy atom. The summed E-state index contributed by atoms with van der Waals surface area (Å²) in [5.74, 6) is -1.17. The summed E-state index contributed by atoms with van der Waals surface area (Å²) >= 11 is 0. The van der Waals surface area contributed by atoms with E-state index in [9.17, 15) is 23.1 Å². The van der Waals surface area contributed by atoms with Gasteiger partial charge < -0.3 is 19.9 Å². The summed E-state index contributed by atoms with van der Waals surface area (Å²) in [4.78, 5) is 24.2. The Morgan fingerprint density at radius 3 is 2.44 bits per heavy atom. The first-order chi connectivity index (χ1) is 15.3. The smallest absolute Gasteiger partial charge is 0.342 e. The first kappa shape index (κ1) is 23.6. The van der Waals surface area contributed by atoms with Gasteiger partial charge >= 0.3 is 5.97 Å². The van der Waals surface area contributed by atoms with Gasteiger partial charge in [0.25, 0.3) is 5.91 Å². The van der Waals surface area contributed by atoms with E-state index in [4.69, 9.17) is 9.47 Å². The molecule has 0 unspecified atom stereocenters. The Kier molecular flexibility index (Phi) is 7.70. The van der Waals surface area contributed by atoms with Crippen LogP contribution in [0.4, 0.5) is 0 Å². The van der Waals surface area contributed by atoms with E-state index in [1.54, 1.807) is 7.11 Å². The zero-order valence-corrected chi connectivity index (χ0v) is 18.6. The number of benzene rings is 2. The number of rotatable bonds is 9. The van der Waals surface area contributed by atoms with E-state index < -0.39 is 34.3 Å². The van der Waals surface area contributed by atoms with E-state index in [0.717, 1.165) is 36.3 Å². The Balaban J connectivity index is 1.53. The van der Waals surface area contributed by atoms with E-state index in [1.165, 1.54) is 10.4 Å². The molecule has 0 aromatic heterocycles. The highest BCUT2D eigenvalue weighted by molar-refractivity contribution is 7.89. The number of aromatic hydroxyl groups is 1. The van der Waals surface area contributed by atoms with Crippen molar-refractivity contribution in [1.29, 1.82) is 0 Å². The zero-order chi connectivity index (χ0) is 23.1. The number of sulfonamides is 1. The topological polar surface area (TPSA) is 122 Å². The Labute approximate surface area is 187 Å². The second-order valence-electron chi connectivity index (χ2n) is 7.31. The van der Waals surface area contributed by atoms with Crippen LogP contribution in [0.3, 0.4) is 0 Å². The van der Waals surface area contributed by atoms with Gasteiger partial charge in [0.1, 0.15) is 17.1 Å². The standard InChI is InChI=1S/C22H26N2O7S/c1-30-17-6-4-16(5-7-17)10-11-23-21(26)15-31-22(27)19-14-18(8-9-20(19)25)32(28,29)24-12-2-3-13-24/h4-9,14,25H,2-3,10-13,15H2,1H3,(H,23,26). The average Bonchev–Trinajstić information content (AvgIpc) is 3.34. The van der Waals surface area contributed by atoms with Gasteiger partial charge in [-0.3, -0.25) is 4.79 Å². The lowest BCUT2D eigenvalue weighted by Crippen LogP contribution is -2.30. The van der Waals surface area contributed by atoms with E-state index in [1.807, 2.05) is 24.3 Å². The third-order valence-electron chi connectivity index (χ3n) is 5.12. The van der Waals surface area contributed by atoms with Gasteiger partial charge in [-0.05, 0) is 55.2 Å². The second kappa shape index (κ2) is 10.5. The highest BCUT2D eigenvalue weighted by atomic mass is 32.2. The number of ether oxygens (including phenoxy) is 2. The Hall–Kier alpha value is -3.11. The highest BCUT2D eigenvalue weighted by Gasteiger charge is 2.28. The van der Waals surface area contributed by atoms with Gasteiger partial charge in [-0.25, -0.2) is 13.2 Å². The number of methoxy groups -OCH3 is 1. The van der Waals surface area contributed by atoms with Crippen molar-refractivity contribution in [3.8, 4) is 11.5 Å². The van der Waals surface area contributed by atoms with Crippen molar-refractivity contribution in [3.05, 3.63) is 53.6 Å². The molecule has 2 N–H and O–H groups in total. The molecule has 0 spiro atoms. The Morgan fingerprint density at radius 1 is 1.09 bits per heavy atom. The monoisotopic (exact) mass is 462 g/mol. The number of amides is 1. The molecule has 0 atom stereocenters. The molecule has 1 aliphatic rings. The maximum absolute atomic E-state index is 12.7. The minimum Gasteiger partial charge on any atom is -0.507 e. The predicted molar refractivity (Wildman–Crippen MR) is 116 cm³/mol. The van der Waals surface area contributed by atoms with Gasteiger partial charge in [0.2, 0.25) is 10.0 Å². The third-order valence-corrected chi connectivity index (χ3v) is 7.01. The maximum atomic E-state index is 12.7. The van der Waals surface area contributed by atoms with Crippen LogP contribution < -0.4 is 10.1 Å². The molecule has 1 saturated heterocycles. The summed E-state index contributed by atoms with van der Waals surface area (Å²) < 4.78 is 36.7. The van der Waals surface area contributed by atoms with E-state index >= 15 is 0 Å².